The molecule has 4 heterocycles. The third-order valence-corrected chi connectivity index (χ3v) is 9.14. The Bertz CT molecular complexity index is 1670. The van der Waals surface area contributed by atoms with Crippen LogP contribution in [0.15, 0.2) is 78.0 Å². The van der Waals surface area contributed by atoms with Crippen molar-refractivity contribution in [3.63, 3.8) is 0 Å². The van der Waals surface area contributed by atoms with Gasteiger partial charge in [0.25, 0.3) is 11.5 Å². The van der Waals surface area contributed by atoms with Crippen molar-refractivity contribution in [2.75, 3.05) is 26.2 Å². The summed E-state index contributed by atoms with van der Waals surface area (Å²) >= 11 is 0. The first-order valence-electron chi connectivity index (χ1n) is 14.7. The first-order chi connectivity index (χ1) is 20.2. The minimum absolute atomic E-state index is 0.00129. The molecule has 0 unspecified atom stereocenters. The number of piperidine rings is 2. The van der Waals surface area contributed by atoms with Gasteiger partial charge in [0, 0.05) is 56.8 Å². The zero-order valence-corrected chi connectivity index (χ0v) is 24.1. The van der Waals surface area contributed by atoms with E-state index < -0.39 is 5.60 Å². The molecule has 2 aromatic heterocycles. The number of fused-ring (bicyclic) bond motifs is 1. The molecule has 6 rings (SSSR count). The number of rotatable bonds is 5. The van der Waals surface area contributed by atoms with E-state index in [0.29, 0.717) is 62.0 Å². The number of carbonyl (C=O) groups is 2. The van der Waals surface area contributed by atoms with Gasteiger partial charge >= 0.3 is 0 Å². The Hall–Kier alpha value is -4.24. The Morgan fingerprint density at radius 1 is 0.976 bits per heavy atom. The van der Waals surface area contributed by atoms with Gasteiger partial charge < -0.3 is 19.5 Å². The summed E-state index contributed by atoms with van der Waals surface area (Å²) in [6, 6.07) is 19.4. The number of carbonyl (C=O) groups excluding carboxylic acids is 2. The van der Waals surface area contributed by atoms with E-state index in [2.05, 4.69) is 4.98 Å². The number of benzene rings is 2. The first-order valence-corrected chi connectivity index (χ1v) is 14.7. The van der Waals surface area contributed by atoms with Gasteiger partial charge in [-0.3, -0.25) is 19.0 Å². The molecule has 0 saturated carbocycles. The number of aromatic nitrogens is 3. The highest BCUT2D eigenvalue weighted by Crippen LogP contribution is 2.36. The van der Waals surface area contributed by atoms with E-state index in [1.807, 2.05) is 78.4 Å². The number of hydrogen-bond acceptors (Lipinski definition) is 5. The van der Waals surface area contributed by atoms with E-state index in [1.54, 1.807) is 16.8 Å². The number of aryl methyl sites for hydroxylation is 2. The van der Waals surface area contributed by atoms with Gasteiger partial charge in [-0.15, -0.1) is 0 Å². The Morgan fingerprint density at radius 2 is 1.69 bits per heavy atom. The summed E-state index contributed by atoms with van der Waals surface area (Å²) in [7, 11) is 1.84. The molecule has 0 bridgehead atoms. The second-order valence-electron chi connectivity index (χ2n) is 11.9. The number of hydrogen-bond donors (Lipinski definition) is 1. The molecular weight excluding hydrogens is 530 g/mol. The molecule has 0 aliphatic carbocycles. The Balaban J connectivity index is 1.16. The smallest absolute Gasteiger partial charge is 0.262 e. The molecule has 9 heteroatoms. The molecule has 42 heavy (non-hydrogen) atoms. The summed E-state index contributed by atoms with van der Waals surface area (Å²) in [5.74, 6) is -0.310. The molecule has 2 aliphatic rings. The van der Waals surface area contributed by atoms with E-state index in [-0.39, 0.29) is 35.8 Å². The van der Waals surface area contributed by atoms with Crippen LogP contribution >= 0.6 is 0 Å². The monoisotopic (exact) mass is 567 g/mol. The molecule has 2 aliphatic heterocycles. The fourth-order valence-electron chi connectivity index (χ4n) is 6.60. The van der Waals surface area contributed by atoms with Gasteiger partial charge in [-0.05, 0) is 49.4 Å². The Labute approximate surface area is 245 Å². The summed E-state index contributed by atoms with van der Waals surface area (Å²) in [6.07, 6.45) is 4.62. The zero-order valence-electron chi connectivity index (χ0n) is 24.1. The van der Waals surface area contributed by atoms with Crippen molar-refractivity contribution in [3.05, 3.63) is 100 Å². The molecule has 2 aromatic carbocycles. The van der Waals surface area contributed by atoms with Gasteiger partial charge in [0.1, 0.15) is 12.0 Å². The van der Waals surface area contributed by atoms with Gasteiger partial charge in [0.2, 0.25) is 5.91 Å². The first kappa shape index (κ1) is 27.9. The van der Waals surface area contributed by atoms with Crippen LogP contribution in [0.5, 0.6) is 0 Å². The van der Waals surface area contributed by atoms with Crippen molar-refractivity contribution in [2.24, 2.45) is 13.0 Å². The van der Waals surface area contributed by atoms with Gasteiger partial charge in [-0.2, -0.15) is 0 Å². The normalized spacial score (nSPS) is 20.5. The second-order valence-corrected chi connectivity index (χ2v) is 11.9. The largest absolute Gasteiger partial charge is 0.388 e. The van der Waals surface area contributed by atoms with Gasteiger partial charge in [-0.1, -0.05) is 48.5 Å². The molecular formula is C33H37N5O4. The summed E-state index contributed by atoms with van der Waals surface area (Å²) in [6.45, 7) is 3.90. The van der Waals surface area contributed by atoms with Gasteiger partial charge in [0.05, 0.1) is 17.5 Å². The van der Waals surface area contributed by atoms with Crippen LogP contribution in [0.3, 0.4) is 0 Å². The van der Waals surface area contributed by atoms with Crippen LogP contribution in [0, 0.1) is 12.8 Å². The van der Waals surface area contributed by atoms with Gasteiger partial charge in [-0.25, -0.2) is 4.98 Å². The Morgan fingerprint density at radius 3 is 2.43 bits per heavy atom. The highest BCUT2D eigenvalue weighted by Gasteiger charge is 2.41. The van der Waals surface area contributed by atoms with Crippen molar-refractivity contribution in [3.8, 4) is 0 Å². The average Bonchev–Trinajstić information content (AvgIpc) is 3.39. The van der Waals surface area contributed by atoms with Gasteiger partial charge in [0.15, 0.2) is 0 Å². The van der Waals surface area contributed by atoms with Crippen molar-refractivity contribution < 1.29 is 14.7 Å². The summed E-state index contributed by atoms with van der Waals surface area (Å²) < 4.78 is 3.28. The topological polar surface area (TPSA) is 101 Å². The standard InChI is InChI=1S/C33H37N5O4/c1-23-8-6-7-11-25(23)30(39)37-17-13-26(28(20-37)24-9-4-3-5-10-24)31(40)36-18-14-33(42,15-19-36)21-38-22-34-29-27(32(38)41)12-16-35(29)2/h3-12,16,22,26,28,42H,13-15,17-21H2,1-2H3/t26-,28+/m1/s1. The van der Waals surface area contributed by atoms with Crippen LogP contribution in [0.25, 0.3) is 11.0 Å². The van der Waals surface area contributed by atoms with Crippen molar-refractivity contribution in [1.29, 1.82) is 0 Å². The fraction of sp³-hybridized carbons (Fsp3) is 0.394. The van der Waals surface area contributed by atoms with E-state index >= 15 is 0 Å². The predicted molar refractivity (Wildman–Crippen MR) is 160 cm³/mol. The number of likely N-dealkylation sites (tertiary alicyclic amines) is 2. The van der Waals surface area contributed by atoms with E-state index in [0.717, 1.165) is 11.1 Å². The lowest BCUT2D eigenvalue weighted by atomic mass is 9.79. The molecule has 2 amide bonds. The molecule has 0 spiro atoms. The molecule has 0 radical (unpaired) electrons. The third-order valence-electron chi connectivity index (χ3n) is 9.14. The van der Waals surface area contributed by atoms with Crippen LogP contribution in [-0.4, -0.2) is 72.6 Å². The van der Waals surface area contributed by atoms with Crippen LogP contribution in [0.4, 0.5) is 0 Å². The minimum atomic E-state index is -1.10. The van der Waals surface area contributed by atoms with Crippen LogP contribution in [-0.2, 0) is 18.4 Å². The lowest BCUT2D eigenvalue weighted by Crippen LogP contribution is -2.53. The zero-order chi connectivity index (χ0) is 29.4. The second kappa shape index (κ2) is 11.2. The highest BCUT2D eigenvalue weighted by atomic mass is 16.3. The molecule has 2 fully saturated rings. The Kier molecular flexibility index (Phi) is 7.45. The highest BCUT2D eigenvalue weighted by molar-refractivity contribution is 5.96. The van der Waals surface area contributed by atoms with Crippen LogP contribution in [0.2, 0.25) is 0 Å². The van der Waals surface area contributed by atoms with E-state index in [4.69, 9.17) is 0 Å². The molecule has 9 nitrogen and oxygen atoms in total. The number of nitrogens with zero attached hydrogens (tertiary/aromatic N) is 5. The molecule has 2 atom stereocenters. The summed E-state index contributed by atoms with van der Waals surface area (Å²) in [5, 5.41) is 11.9. The molecule has 4 aromatic rings. The minimum Gasteiger partial charge on any atom is -0.388 e. The summed E-state index contributed by atoms with van der Waals surface area (Å²) in [5.41, 5.74) is 2.03. The molecule has 218 valence electrons. The maximum absolute atomic E-state index is 14.0. The van der Waals surface area contributed by atoms with Crippen molar-refractivity contribution in [2.45, 2.75) is 44.2 Å². The molecule has 2 saturated heterocycles. The molecule has 1 N–H and O–H groups in total. The average molecular weight is 568 g/mol. The maximum Gasteiger partial charge on any atom is 0.262 e. The summed E-state index contributed by atoms with van der Waals surface area (Å²) in [4.78, 5) is 48.6. The lowest BCUT2D eigenvalue weighted by molar-refractivity contribution is -0.142. The van der Waals surface area contributed by atoms with Crippen molar-refractivity contribution in [1.82, 2.24) is 23.9 Å². The third kappa shape index (κ3) is 5.25. The maximum atomic E-state index is 14.0. The number of amides is 2. The number of aliphatic hydroxyl groups is 1. The van der Waals surface area contributed by atoms with E-state index in [9.17, 15) is 19.5 Å². The predicted octanol–water partition coefficient (Wildman–Crippen LogP) is 3.34. The fourth-order valence-corrected chi connectivity index (χ4v) is 6.60. The lowest BCUT2D eigenvalue weighted by Gasteiger charge is -2.43. The van der Waals surface area contributed by atoms with Crippen molar-refractivity contribution >= 4 is 22.8 Å². The van der Waals surface area contributed by atoms with Crippen LogP contribution < -0.4 is 5.56 Å². The van der Waals surface area contributed by atoms with E-state index in [1.165, 1.54) is 10.9 Å². The quantitative estimate of drug-likeness (QED) is 0.399. The van der Waals surface area contributed by atoms with Crippen LogP contribution in [0.1, 0.15) is 46.7 Å². The SMILES string of the molecule is Cc1ccccc1C(=O)N1CC[C@@H](C(=O)N2CCC(O)(Cn3cnc4c(ccn4C)c3=O)CC2)[C@H](c2ccccc2)C1.